The standard InChI is InChI=1S/C17H23N3O/c1-14-11-18-19-16(14)12-20-9-5-8-17(20,13-21)10-15-6-3-2-4-7-15/h2-4,6-7,11,21H,5,8-10,12-13H2,1H3,(H,18,19). The second kappa shape index (κ2) is 6.00. The molecular formula is C17H23N3O. The summed E-state index contributed by atoms with van der Waals surface area (Å²) in [7, 11) is 0. The van der Waals surface area contributed by atoms with Crippen molar-refractivity contribution in [1.82, 2.24) is 15.1 Å². The Bertz CT molecular complexity index is 581. The fourth-order valence-corrected chi connectivity index (χ4v) is 3.38. The lowest BCUT2D eigenvalue weighted by Gasteiger charge is -2.37. The van der Waals surface area contributed by atoms with Crippen molar-refractivity contribution in [2.24, 2.45) is 0 Å². The molecule has 1 aliphatic heterocycles. The highest BCUT2D eigenvalue weighted by atomic mass is 16.3. The number of aliphatic hydroxyl groups excluding tert-OH is 1. The lowest BCUT2D eigenvalue weighted by atomic mass is 9.88. The van der Waals surface area contributed by atoms with Gasteiger partial charge in [-0.15, -0.1) is 0 Å². The maximum atomic E-state index is 10.1. The Balaban J connectivity index is 1.80. The molecule has 4 nitrogen and oxygen atoms in total. The molecule has 0 radical (unpaired) electrons. The molecule has 2 N–H and O–H groups in total. The largest absolute Gasteiger partial charge is 0.394 e. The van der Waals surface area contributed by atoms with Gasteiger partial charge in [-0.25, -0.2) is 0 Å². The molecule has 4 heteroatoms. The molecule has 21 heavy (non-hydrogen) atoms. The molecule has 2 heterocycles. The number of hydrogen-bond donors (Lipinski definition) is 2. The molecule has 3 rings (SSSR count). The number of H-pyrrole nitrogens is 1. The van der Waals surface area contributed by atoms with E-state index in [0.717, 1.165) is 38.0 Å². The number of hydrogen-bond acceptors (Lipinski definition) is 3. The van der Waals surface area contributed by atoms with Crippen LogP contribution in [0.2, 0.25) is 0 Å². The van der Waals surface area contributed by atoms with Crippen LogP contribution >= 0.6 is 0 Å². The van der Waals surface area contributed by atoms with Crippen molar-refractivity contribution in [3.63, 3.8) is 0 Å². The number of benzene rings is 1. The first-order valence-corrected chi connectivity index (χ1v) is 7.62. The van der Waals surface area contributed by atoms with Gasteiger partial charge in [0.15, 0.2) is 0 Å². The zero-order chi connectivity index (χ0) is 14.7. The van der Waals surface area contributed by atoms with Crippen LogP contribution in [0.3, 0.4) is 0 Å². The van der Waals surface area contributed by atoms with Crippen molar-refractivity contribution in [3.05, 3.63) is 53.3 Å². The van der Waals surface area contributed by atoms with Gasteiger partial charge in [-0.2, -0.15) is 5.10 Å². The normalized spacial score (nSPS) is 22.8. The molecule has 0 amide bonds. The molecule has 1 aromatic carbocycles. The topological polar surface area (TPSA) is 52.2 Å². The van der Waals surface area contributed by atoms with E-state index >= 15 is 0 Å². The van der Waals surface area contributed by atoms with Crippen molar-refractivity contribution >= 4 is 0 Å². The highest BCUT2D eigenvalue weighted by Crippen LogP contribution is 2.33. The van der Waals surface area contributed by atoms with Crippen LogP contribution in [0, 0.1) is 6.92 Å². The second-order valence-electron chi connectivity index (χ2n) is 6.10. The average Bonchev–Trinajstić information content (AvgIpc) is 3.09. The van der Waals surface area contributed by atoms with Gasteiger partial charge < -0.3 is 5.11 Å². The molecule has 1 saturated heterocycles. The van der Waals surface area contributed by atoms with E-state index in [1.54, 1.807) is 0 Å². The first-order valence-electron chi connectivity index (χ1n) is 7.62. The smallest absolute Gasteiger partial charge is 0.0618 e. The van der Waals surface area contributed by atoms with Gasteiger partial charge in [0.05, 0.1) is 18.5 Å². The summed E-state index contributed by atoms with van der Waals surface area (Å²) < 4.78 is 0. The molecule has 0 bridgehead atoms. The second-order valence-corrected chi connectivity index (χ2v) is 6.10. The third kappa shape index (κ3) is 2.87. The summed E-state index contributed by atoms with van der Waals surface area (Å²) in [5.41, 5.74) is 3.50. The van der Waals surface area contributed by atoms with E-state index in [0.29, 0.717) is 0 Å². The number of aromatic nitrogens is 2. The van der Waals surface area contributed by atoms with E-state index in [1.807, 2.05) is 12.3 Å². The molecular weight excluding hydrogens is 262 g/mol. The van der Waals surface area contributed by atoms with E-state index < -0.39 is 0 Å². The predicted molar refractivity (Wildman–Crippen MR) is 82.9 cm³/mol. The van der Waals surface area contributed by atoms with Gasteiger partial charge >= 0.3 is 0 Å². The molecule has 112 valence electrons. The molecule has 0 spiro atoms. The first kappa shape index (κ1) is 14.3. The minimum atomic E-state index is -0.140. The van der Waals surface area contributed by atoms with Gasteiger partial charge in [0, 0.05) is 12.1 Å². The number of aliphatic hydroxyl groups is 1. The average molecular weight is 285 g/mol. The molecule has 1 fully saturated rings. The fourth-order valence-electron chi connectivity index (χ4n) is 3.38. The minimum absolute atomic E-state index is 0.140. The first-order chi connectivity index (χ1) is 10.2. The van der Waals surface area contributed by atoms with E-state index in [-0.39, 0.29) is 12.1 Å². The predicted octanol–water partition coefficient (Wildman–Crippen LogP) is 2.29. The van der Waals surface area contributed by atoms with Crippen LogP contribution in [-0.4, -0.2) is 38.9 Å². The summed E-state index contributed by atoms with van der Waals surface area (Å²) in [6, 6.07) is 10.5. The van der Waals surface area contributed by atoms with Crippen LogP contribution in [0.4, 0.5) is 0 Å². The van der Waals surface area contributed by atoms with Crippen LogP contribution in [0.25, 0.3) is 0 Å². The number of likely N-dealkylation sites (tertiary alicyclic amines) is 1. The van der Waals surface area contributed by atoms with Crippen LogP contribution < -0.4 is 0 Å². The van der Waals surface area contributed by atoms with Gasteiger partial charge in [-0.3, -0.25) is 10.00 Å². The quantitative estimate of drug-likeness (QED) is 0.886. The maximum absolute atomic E-state index is 10.1. The summed E-state index contributed by atoms with van der Waals surface area (Å²) in [4.78, 5) is 2.42. The lowest BCUT2D eigenvalue weighted by molar-refractivity contribution is 0.0572. The molecule has 1 unspecified atom stereocenters. The highest BCUT2D eigenvalue weighted by molar-refractivity contribution is 5.20. The Morgan fingerprint density at radius 3 is 2.81 bits per heavy atom. The highest BCUT2D eigenvalue weighted by Gasteiger charge is 2.40. The van der Waals surface area contributed by atoms with Gasteiger partial charge in [-0.05, 0) is 43.9 Å². The molecule has 1 aromatic heterocycles. The number of nitrogens with one attached hydrogen (secondary N) is 1. The summed E-state index contributed by atoms with van der Waals surface area (Å²) in [5, 5.41) is 17.3. The molecule has 1 aliphatic rings. The lowest BCUT2D eigenvalue weighted by Crippen LogP contribution is -2.48. The molecule has 0 aliphatic carbocycles. The number of rotatable bonds is 5. The van der Waals surface area contributed by atoms with Crippen molar-refractivity contribution in [2.45, 2.75) is 38.3 Å². The summed E-state index contributed by atoms with van der Waals surface area (Å²) in [5.74, 6) is 0. The van der Waals surface area contributed by atoms with Crippen LogP contribution in [-0.2, 0) is 13.0 Å². The number of nitrogens with zero attached hydrogens (tertiary/aromatic N) is 2. The Kier molecular flexibility index (Phi) is 4.08. The van der Waals surface area contributed by atoms with E-state index in [2.05, 4.69) is 46.3 Å². The van der Waals surface area contributed by atoms with Crippen molar-refractivity contribution in [1.29, 1.82) is 0 Å². The minimum Gasteiger partial charge on any atom is -0.394 e. The summed E-state index contributed by atoms with van der Waals surface area (Å²) in [6.07, 6.45) is 4.95. The monoisotopic (exact) mass is 285 g/mol. The zero-order valence-electron chi connectivity index (χ0n) is 12.5. The van der Waals surface area contributed by atoms with E-state index in [1.165, 1.54) is 11.1 Å². The Morgan fingerprint density at radius 2 is 2.14 bits per heavy atom. The molecule has 0 saturated carbocycles. The van der Waals surface area contributed by atoms with Crippen molar-refractivity contribution in [3.8, 4) is 0 Å². The van der Waals surface area contributed by atoms with Gasteiger partial charge in [0.2, 0.25) is 0 Å². The Morgan fingerprint density at radius 1 is 1.33 bits per heavy atom. The van der Waals surface area contributed by atoms with Gasteiger partial charge in [0.1, 0.15) is 0 Å². The van der Waals surface area contributed by atoms with Crippen LogP contribution in [0.1, 0.15) is 29.7 Å². The molecule has 2 aromatic rings. The summed E-state index contributed by atoms with van der Waals surface area (Å²) in [6.45, 7) is 4.15. The fraction of sp³-hybridized carbons (Fsp3) is 0.471. The maximum Gasteiger partial charge on any atom is 0.0618 e. The van der Waals surface area contributed by atoms with Gasteiger partial charge in [-0.1, -0.05) is 30.3 Å². The number of aryl methyl sites for hydroxylation is 1. The Labute approximate surface area is 125 Å². The van der Waals surface area contributed by atoms with E-state index in [4.69, 9.17) is 0 Å². The molecule has 1 atom stereocenters. The third-order valence-electron chi connectivity index (χ3n) is 4.69. The van der Waals surface area contributed by atoms with Gasteiger partial charge in [0.25, 0.3) is 0 Å². The SMILES string of the molecule is Cc1cn[nH]c1CN1CCCC1(CO)Cc1ccccc1. The third-order valence-corrected chi connectivity index (χ3v) is 4.69. The Hall–Kier alpha value is -1.65. The summed E-state index contributed by atoms with van der Waals surface area (Å²) >= 11 is 0. The number of aromatic amines is 1. The van der Waals surface area contributed by atoms with Crippen LogP contribution in [0.15, 0.2) is 36.5 Å². The van der Waals surface area contributed by atoms with Crippen LogP contribution in [0.5, 0.6) is 0 Å². The van der Waals surface area contributed by atoms with Crippen molar-refractivity contribution in [2.75, 3.05) is 13.2 Å². The zero-order valence-corrected chi connectivity index (χ0v) is 12.5. The van der Waals surface area contributed by atoms with E-state index in [9.17, 15) is 5.11 Å². The van der Waals surface area contributed by atoms with Crippen molar-refractivity contribution < 1.29 is 5.11 Å².